The maximum absolute atomic E-state index is 15.0. The molecule has 3 aliphatic rings. The largest absolute Gasteiger partial charge is 0.451 e. The van der Waals surface area contributed by atoms with Gasteiger partial charge in [-0.25, -0.2) is 4.79 Å². The van der Waals surface area contributed by atoms with E-state index in [0.717, 1.165) is 26.9 Å². The van der Waals surface area contributed by atoms with Crippen LogP contribution in [0.3, 0.4) is 0 Å². The van der Waals surface area contributed by atoms with Gasteiger partial charge >= 0.3 is 5.97 Å². The lowest BCUT2D eigenvalue weighted by atomic mass is 9.64. The third-order valence-corrected chi connectivity index (χ3v) is 10.2. The highest BCUT2D eigenvalue weighted by molar-refractivity contribution is 9.10. The van der Waals surface area contributed by atoms with E-state index < -0.39 is 35.5 Å². The van der Waals surface area contributed by atoms with E-state index in [4.69, 9.17) is 4.74 Å². The van der Waals surface area contributed by atoms with Crippen LogP contribution in [0.15, 0.2) is 144 Å². The van der Waals surface area contributed by atoms with E-state index in [1.54, 1.807) is 24.3 Å². The van der Waals surface area contributed by atoms with Crippen molar-refractivity contribution in [3.8, 4) is 0 Å². The van der Waals surface area contributed by atoms with Gasteiger partial charge in [-0.05, 0) is 46.5 Å². The molecule has 5 aromatic rings. The summed E-state index contributed by atoms with van der Waals surface area (Å²) in [6, 6.07) is 39.7. The highest BCUT2D eigenvalue weighted by Gasteiger charge is 2.71. The Morgan fingerprint density at radius 2 is 1.38 bits per heavy atom. The van der Waals surface area contributed by atoms with E-state index in [0.29, 0.717) is 16.8 Å². The number of nitrogens with zero attached hydrogens (tertiary/aromatic N) is 1. The molecule has 47 heavy (non-hydrogen) atoms. The number of hydrogen-bond donors (Lipinski definition) is 1. The van der Waals surface area contributed by atoms with Crippen LogP contribution in [0.25, 0.3) is 6.08 Å². The Labute approximate surface area is 280 Å². The summed E-state index contributed by atoms with van der Waals surface area (Å²) in [4.78, 5) is 46.6. The van der Waals surface area contributed by atoms with Crippen molar-refractivity contribution in [1.29, 1.82) is 0 Å². The number of ether oxygens (including phenoxy) is 1. The number of fused-ring (bicyclic) bond motifs is 6. The molecule has 6 nitrogen and oxygen atoms in total. The average Bonchev–Trinajstić information content (AvgIpc) is 3.60. The number of para-hydroxylation sites is 2. The zero-order valence-corrected chi connectivity index (χ0v) is 26.7. The van der Waals surface area contributed by atoms with Crippen LogP contribution in [-0.2, 0) is 19.7 Å². The number of benzene rings is 5. The number of carbonyl (C=O) groups is 3. The second-order valence-corrected chi connectivity index (χ2v) is 13.0. The van der Waals surface area contributed by atoms with Crippen LogP contribution in [0.4, 0.5) is 11.4 Å². The second-order valence-electron chi connectivity index (χ2n) is 12.1. The molecule has 0 bridgehead atoms. The lowest BCUT2D eigenvalue weighted by molar-refractivity contribution is -0.150. The third kappa shape index (κ3) is 4.56. The summed E-state index contributed by atoms with van der Waals surface area (Å²) in [5, 5.41) is 3.07. The van der Waals surface area contributed by atoms with Gasteiger partial charge < -0.3 is 15.0 Å². The molecular weight excluding hydrogens is 652 g/mol. The zero-order chi connectivity index (χ0) is 32.1. The fraction of sp³-hybridized carbons (Fsp3) is 0.125. The number of hydrogen-bond acceptors (Lipinski definition) is 5. The number of amides is 1. The molecule has 3 aliphatic heterocycles. The minimum atomic E-state index is -1.41. The van der Waals surface area contributed by atoms with Crippen molar-refractivity contribution in [2.24, 2.45) is 5.92 Å². The summed E-state index contributed by atoms with van der Waals surface area (Å²) >= 11 is 3.48. The number of carbonyl (C=O) groups excluding carboxylic acids is 3. The first-order valence-electron chi connectivity index (χ1n) is 15.5. The van der Waals surface area contributed by atoms with E-state index in [-0.39, 0.29) is 11.7 Å². The van der Waals surface area contributed by atoms with Gasteiger partial charge in [-0.2, -0.15) is 0 Å². The summed E-state index contributed by atoms with van der Waals surface area (Å²) < 4.78 is 7.35. The van der Waals surface area contributed by atoms with E-state index in [2.05, 4.69) is 21.2 Å². The lowest BCUT2D eigenvalue weighted by Crippen LogP contribution is -2.51. The number of halogens is 1. The van der Waals surface area contributed by atoms with Gasteiger partial charge in [-0.3, -0.25) is 9.59 Å². The molecule has 1 spiro atoms. The minimum absolute atomic E-state index is 0.303. The fourth-order valence-electron chi connectivity index (χ4n) is 7.66. The third-order valence-electron chi connectivity index (χ3n) is 9.63. The normalized spacial score (nSPS) is 22.0. The van der Waals surface area contributed by atoms with E-state index in [1.807, 2.05) is 126 Å². The van der Waals surface area contributed by atoms with Crippen LogP contribution in [0.1, 0.15) is 38.7 Å². The molecule has 1 amide bonds. The Bertz CT molecular complexity index is 2010. The molecule has 5 aromatic carbocycles. The number of Topliss-reactive ketones (excluding diaryl/α,β-unsaturated/α-hetero) is 1. The number of rotatable bonds is 6. The van der Waals surface area contributed by atoms with E-state index >= 15 is 9.59 Å². The van der Waals surface area contributed by atoms with E-state index in [9.17, 15) is 4.79 Å². The molecule has 1 saturated heterocycles. The molecular formula is C40H29BrN2O4. The van der Waals surface area contributed by atoms with Gasteiger partial charge in [0, 0.05) is 21.4 Å². The molecule has 1 fully saturated rings. The second kappa shape index (κ2) is 11.5. The van der Waals surface area contributed by atoms with Crippen LogP contribution in [0.2, 0.25) is 0 Å². The van der Waals surface area contributed by atoms with Gasteiger partial charge in [0.05, 0.1) is 12.0 Å². The van der Waals surface area contributed by atoms with Crippen LogP contribution < -0.4 is 10.2 Å². The average molecular weight is 682 g/mol. The molecule has 0 unspecified atom stereocenters. The molecule has 7 heteroatoms. The maximum atomic E-state index is 15.0. The van der Waals surface area contributed by atoms with Crippen LogP contribution >= 0.6 is 15.9 Å². The predicted molar refractivity (Wildman–Crippen MR) is 185 cm³/mol. The van der Waals surface area contributed by atoms with Crippen LogP contribution in [0.5, 0.6) is 0 Å². The molecule has 1 N–H and O–H groups in total. The van der Waals surface area contributed by atoms with Gasteiger partial charge in [0.1, 0.15) is 11.5 Å². The molecule has 0 aliphatic carbocycles. The number of nitrogens with one attached hydrogen (secondary N) is 1. The smallest absolute Gasteiger partial charge is 0.330 e. The number of anilines is 2. The first-order valence-corrected chi connectivity index (χ1v) is 16.3. The number of esters is 1. The Balaban J connectivity index is 1.35. The van der Waals surface area contributed by atoms with Crippen molar-refractivity contribution >= 4 is 51.0 Å². The minimum Gasteiger partial charge on any atom is -0.451 e. The van der Waals surface area contributed by atoms with Crippen molar-refractivity contribution in [2.45, 2.75) is 23.6 Å². The topological polar surface area (TPSA) is 75.7 Å². The molecule has 0 aromatic heterocycles. The summed E-state index contributed by atoms with van der Waals surface area (Å²) in [5.74, 6) is -2.32. The van der Waals surface area contributed by atoms with Crippen LogP contribution in [-0.4, -0.2) is 29.7 Å². The standard InChI is InChI=1S/C40H29BrN2O4/c41-29-22-19-26(20-23-29)36(44)34-35(38(45)47-37(27-12-3-1-4-13-27)28-14-5-2-6-15-28)43-32-18-10-7-11-25(32)21-24-33(43)40(34)30-16-8-9-17-31(30)42-39(40)46/h1-24,33-35,37H,(H,42,46)/t33-,34+,35-,40-/m0/s1. The highest BCUT2D eigenvalue weighted by Crippen LogP contribution is 2.58. The Hall–Kier alpha value is -5.27. The van der Waals surface area contributed by atoms with Gasteiger partial charge in [-0.1, -0.05) is 137 Å². The predicted octanol–water partition coefficient (Wildman–Crippen LogP) is 7.76. The summed E-state index contributed by atoms with van der Waals surface area (Å²) in [6.45, 7) is 0. The SMILES string of the molecule is O=C(OC(c1ccccc1)c1ccccc1)[C@@H]1[C@H](C(=O)c2ccc(Br)cc2)[C@@]2(C(=O)Nc3ccccc32)[C@@H]2C=Cc3ccccc3N12. The lowest BCUT2D eigenvalue weighted by Gasteiger charge is -2.37. The maximum Gasteiger partial charge on any atom is 0.330 e. The summed E-state index contributed by atoms with van der Waals surface area (Å²) in [7, 11) is 0. The van der Waals surface area contributed by atoms with Crippen molar-refractivity contribution in [1.82, 2.24) is 0 Å². The molecule has 3 heterocycles. The van der Waals surface area contributed by atoms with Gasteiger partial charge in [0.25, 0.3) is 0 Å². The Morgan fingerprint density at radius 3 is 2.09 bits per heavy atom. The van der Waals surface area contributed by atoms with Crippen molar-refractivity contribution < 1.29 is 19.1 Å². The monoisotopic (exact) mass is 680 g/mol. The summed E-state index contributed by atoms with van der Waals surface area (Å²) in [6.07, 6.45) is 3.21. The highest BCUT2D eigenvalue weighted by atomic mass is 79.9. The van der Waals surface area contributed by atoms with Crippen molar-refractivity contribution in [3.05, 3.63) is 172 Å². The molecule has 0 radical (unpaired) electrons. The van der Waals surface area contributed by atoms with Gasteiger partial charge in [0.15, 0.2) is 11.9 Å². The first-order chi connectivity index (χ1) is 23.0. The first kappa shape index (κ1) is 29.2. The fourth-order valence-corrected chi connectivity index (χ4v) is 7.92. The molecule has 8 rings (SSSR count). The molecule has 230 valence electrons. The van der Waals surface area contributed by atoms with Gasteiger partial charge in [0.2, 0.25) is 5.91 Å². The number of ketones is 1. The summed E-state index contributed by atoms with van der Waals surface area (Å²) in [5.41, 5.74) is 3.58. The Kier molecular flexibility index (Phi) is 7.14. The quantitative estimate of drug-likeness (QED) is 0.147. The molecule has 0 saturated carbocycles. The molecule has 4 atom stereocenters. The van der Waals surface area contributed by atoms with Crippen LogP contribution in [0, 0.1) is 5.92 Å². The Morgan fingerprint density at radius 1 is 0.766 bits per heavy atom. The zero-order valence-electron chi connectivity index (χ0n) is 25.1. The van der Waals surface area contributed by atoms with E-state index in [1.165, 1.54) is 0 Å². The van der Waals surface area contributed by atoms with Gasteiger partial charge in [-0.15, -0.1) is 0 Å². The van der Waals surface area contributed by atoms with Crippen molar-refractivity contribution in [2.75, 3.05) is 10.2 Å². The van der Waals surface area contributed by atoms with Crippen molar-refractivity contribution in [3.63, 3.8) is 0 Å².